The molecular formula is C24H35N5O3. The molecule has 2 aromatic rings. The van der Waals surface area contributed by atoms with Crippen molar-refractivity contribution in [1.82, 2.24) is 24.9 Å². The summed E-state index contributed by atoms with van der Waals surface area (Å²) < 4.78 is 13.5. The van der Waals surface area contributed by atoms with Crippen molar-refractivity contribution < 1.29 is 14.3 Å². The quantitative estimate of drug-likeness (QED) is 0.671. The Labute approximate surface area is 190 Å². The SMILES string of the molecule is Cc1nc(-c2nnn(C)c2COC(=O)N2CCCC(C)(C)C2)ccc1OC1CCCCC1. The summed E-state index contributed by atoms with van der Waals surface area (Å²) in [4.78, 5) is 19.2. The number of likely N-dealkylation sites (tertiary alicyclic amines) is 1. The van der Waals surface area contributed by atoms with E-state index in [-0.39, 0.29) is 24.2 Å². The van der Waals surface area contributed by atoms with Crippen molar-refractivity contribution in [3.8, 4) is 17.1 Å². The number of carbonyl (C=O) groups excluding carboxylic acids is 1. The predicted molar refractivity (Wildman–Crippen MR) is 121 cm³/mol. The molecule has 1 aliphatic heterocycles. The molecule has 2 aliphatic rings. The van der Waals surface area contributed by atoms with Gasteiger partial charge < -0.3 is 14.4 Å². The van der Waals surface area contributed by atoms with E-state index >= 15 is 0 Å². The van der Waals surface area contributed by atoms with Crippen LogP contribution in [0.5, 0.6) is 5.75 Å². The number of nitrogens with zero attached hydrogens (tertiary/aromatic N) is 5. The van der Waals surface area contributed by atoms with Crippen molar-refractivity contribution in [3.63, 3.8) is 0 Å². The summed E-state index contributed by atoms with van der Waals surface area (Å²) in [7, 11) is 1.80. The van der Waals surface area contributed by atoms with E-state index in [0.717, 1.165) is 49.4 Å². The largest absolute Gasteiger partial charge is 0.489 e. The second-order valence-electron chi connectivity index (χ2n) is 9.91. The van der Waals surface area contributed by atoms with Crippen LogP contribution in [0.2, 0.25) is 0 Å². The van der Waals surface area contributed by atoms with Gasteiger partial charge in [0, 0.05) is 20.1 Å². The minimum atomic E-state index is -0.287. The van der Waals surface area contributed by atoms with Crippen molar-refractivity contribution in [2.75, 3.05) is 13.1 Å². The van der Waals surface area contributed by atoms with E-state index < -0.39 is 0 Å². The molecule has 0 bridgehead atoms. The van der Waals surface area contributed by atoms with Crippen LogP contribution < -0.4 is 4.74 Å². The second kappa shape index (κ2) is 9.46. The summed E-state index contributed by atoms with van der Waals surface area (Å²) in [5.41, 5.74) is 3.02. The van der Waals surface area contributed by atoms with Crippen LogP contribution in [0.4, 0.5) is 4.79 Å². The van der Waals surface area contributed by atoms with E-state index in [1.165, 1.54) is 19.3 Å². The van der Waals surface area contributed by atoms with Gasteiger partial charge in [0.15, 0.2) is 0 Å². The first-order valence-corrected chi connectivity index (χ1v) is 11.8. The van der Waals surface area contributed by atoms with Gasteiger partial charge >= 0.3 is 6.09 Å². The number of piperidine rings is 1. The molecule has 8 nitrogen and oxygen atoms in total. The lowest BCUT2D eigenvalue weighted by atomic mass is 9.84. The summed E-state index contributed by atoms with van der Waals surface area (Å²) in [5, 5.41) is 8.43. The molecule has 4 rings (SSSR count). The van der Waals surface area contributed by atoms with Gasteiger partial charge in [0.1, 0.15) is 23.7 Å². The van der Waals surface area contributed by atoms with Gasteiger partial charge in [-0.25, -0.2) is 14.5 Å². The standard InChI is InChI=1S/C24H35N5O3/c1-17-21(32-18-9-6-5-7-10-18)12-11-19(25-17)22-20(28(4)27-26-22)15-31-23(30)29-14-8-13-24(2,3)16-29/h11-12,18H,5-10,13-16H2,1-4H3. The fourth-order valence-electron chi connectivity index (χ4n) is 4.71. The van der Waals surface area contributed by atoms with Gasteiger partial charge in [-0.05, 0) is 63.0 Å². The molecular weight excluding hydrogens is 406 g/mol. The highest BCUT2D eigenvalue weighted by molar-refractivity contribution is 5.68. The number of aromatic nitrogens is 4. The molecule has 1 saturated heterocycles. The number of amides is 1. The van der Waals surface area contributed by atoms with Crippen LogP contribution in [-0.2, 0) is 18.4 Å². The maximum atomic E-state index is 12.6. The van der Waals surface area contributed by atoms with Crippen molar-refractivity contribution in [2.45, 2.75) is 78.4 Å². The molecule has 2 fully saturated rings. The zero-order valence-corrected chi connectivity index (χ0v) is 19.8. The van der Waals surface area contributed by atoms with E-state index in [0.29, 0.717) is 17.9 Å². The maximum absolute atomic E-state index is 12.6. The average molecular weight is 442 g/mol. The van der Waals surface area contributed by atoms with Gasteiger partial charge in [0.2, 0.25) is 0 Å². The van der Waals surface area contributed by atoms with Crippen molar-refractivity contribution in [2.24, 2.45) is 12.5 Å². The van der Waals surface area contributed by atoms with Gasteiger partial charge in [-0.3, -0.25) is 0 Å². The monoisotopic (exact) mass is 441 g/mol. The summed E-state index contributed by atoms with van der Waals surface area (Å²) in [5.74, 6) is 0.824. The van der Waals surface area contributed by atoms with Crippen molar-refractivity contribution in [3.05, 3.63) is 23.5 Å². The molecule has 1 amide bonds. The summed E-state index contributed by atoms with van der Waals surface area (Å²) in [6.45, 7) is 7.88. The van der Waals surface area contributed by atoms with Gasteiger partial charge in [-0.15, -0.1) is 5.10 Å². The van der Waals surface area contributed by atoms with Crippen molar-refractivity contribution >= 4 is 6.09 Å². The first-order chi connectivity index (χ1) is 15.3. The van der Waals surface area contributed by atoms with Crippen LogP contribution in [0.25, 0.3) is 11.4 Å². The van der Waals surface area contributed by atoms with Crippen LogP contribution >= 0.6 is 0 Å². The number of ether oxygens (including phenoxy) is 2. The van der Waals surface area contributed by atoms with E-state index in [1.54, 1.807) is 16.6 Å². The third kappa shape index (κ3) is 5.22. The Hall–Kier alpha value is -2.64. The molecule has 0 radical (unpaired) electrons. The lowest BCUT2D eigenvalue weighted by molar-refractivity contribution is 0.0614. The highest BCUT2D eigenvalue weighted by atomic mass is 16.6. The van der Waals surface area contributed by atoms with E-state index in [4.69, 9.17) is 14.5 Å². The Bertz CT molecular complexity index is 949. The Morgan fingerprint density at radius 2 is 1.97 bits per heavy atom. The van der Waals surface area contributed by atoms with Gasteiger partial charge in [-0.1, -0.05) is 25.5 Å². The molecule has 0 atom stereocenters. The minimum absolute atomic E-state index is 0.107. The topological polar surface area (TPSA) is 82.4 Å². The predicted octanol–water partition coefficient (Wildman–Crippen LogP) is 4.66. The van der Waals surface area contributed by atoms with E-state index in [9.17, 15) is 4.79 Å². The Balaban J connectivity index is 1.44. The molecule has 174 valence electrons. The van der Waals surface area contributed by atoms with Crippen LogP contribution in [0.15, 0.2) is 12.1 Å². The third-order valence-electron chi connectivity index (χ3n) is 6.56. The summed E-state index contributed by atoms with van der Waals surface area (Å²) in [6, 6.07) is 3.88. The zero-order valence-electron chi connectivity index (χ0n) is 19.8. The van der Waals surface area contributed by atoms with Crippen LogP contribution in [0, 0.1) is 12.3 Å². The molecule has 1 aliphatic carbocycles. The molecule has 3 heterocycles. The fourth-order valence-corrected chi connectivity index (χ4v) is 4.71. The summed E-state index contributed by atoms with van der Waals surface area (Å²) >= 11 is 0. The Kier molecular flexibility index (Phi) is 6.67. The van der Waals surface area contributed by atoms with Crippen LogP contribution in [0.3, 0.4) is 0 Å². The van der Waals surface area contributed by atoms with E-state index in [2.05, 4.69) is 24.2 Å². The zero-order chi connectivity index (χ0) is 22.7. The van der Waals surface area contributed by atoms with Crippen LogP contribution in [-0.4, -0.2) is 50.2 Å². The number of hydrogen-bond donors (Lipinski definition) is 0. The fraction of sp³-hybridized carbons (Fsp3) is 0.667. The first-order valence-electron chi connectivity index (χ1n) is 11.8. The molecule has 2 aromatic heterocycles. The number of carbonyl (C=O) groups is 1. The Morgan fingerprint density at radius 1 is 1.19 bits per heavy atom. The van der Waals surface area contributed by atoms with Gasteiger partial charge in [0.05, 0.1) is 17.5 Å². The maximum Gasteiger partial charge on any atom is 0.410 e. The lowest BCUT2D eigenvalue weighted by Gasteiger charge is -2.37. The van der Waals surface area contributed by atoms with Crippen LogP contribution in [0.1, 0.15) is 70.2 Å². The molecule has 1 saturated carbocycles. The highest BCUT2D eigenvalue weighted by Gasteiger charge is 2.30. The summed E-state index contributed by atoms with van der Waals surface area (Å²) in [6.07, 6.45) is 8.08. The Morgan fingerprint density at radius 3 is 2.69 bits per heavy atom. The smallest absolute Gasteiger partial charge is 0.410 e. The molecule has 8 heteroatoms. The minimum Gasteiger partial charge on any atom is -0.489 e. The molecule has 0 unspecified atom stereocenters. The number of rotatable bonds is 5. The number of pyridine rings is 1. The average Bonchev–Trinajstić information content (AvgIpc) is 3.14. The normalized spacial score (nSPS) is 19.1. The first kappa shape index (κ1) is 22.6. The number of aryl methyl sites for hydroxylation is 2. The highest BCUT2D eigenvalue weighted by Crippen LogP contribution is 2.30. The molecule has 0 aromatic carbocycles. The molecule has 0 spiro atoms. The lowest BCUT2D eigenvalue weighted by Crippen LogP contribution is -2.43. The van der Waals surface area contributed by atoms with E-state index in [1.807, 2.05) is 19.1 Å². The molecule has 0 N–H and O–H groups in total. The van der Waals surface area contributed by atoms with Crippen molar-refractivity contribution in [1.29, 1.82) is 0 Å². The van der Waals surface area contributed by atoms with Gasteiger partial charge in [-0.2, -0.15) is 0 Å². The second-order valence-corrected chi connectivity index (χ2v) is 9.91. The molecule has 32 heavy (non-hydrogen) atoms. The third-order valence-corrected chi connectivity index (χ3v) is 6.56. The number of hydrogen-bond acceptors (Lipinski definition) is 6. The van der Waals surface area contributed by atoms with Gasteiger partial charge in [0.25, 0.3) is 0 Å².